The highest BCUT2D eigenvalue weighted by molar-refractivity contribution is 5.84. The number of rotatable bonds is 3. The van der Waals surface area contributed by atoms with E-state index in [9.17, 15) is 23.5 Å². The lowest BCUT2D eigenvalue weighted by Gasteiger charge is -2.44. The number of carboxylic acids is 1. The molecule has 0 radical (unpaired) electrons. The van der Waals surface area contributed by atoms with Gasteiger partial charge in [-0.3, -0.25) is 0 Å². The van der Waals surface area contributed by atoms with E-state index in [0.29, 0.717) is 0 Å². The Morgan fingerprint density at radius 2 is 1.74 bits per heavy atom. The number of carbonyl (C=O) groups excluding carboxylic acids is 1. The second-order valence-electron chi connectivity index (χ2n) is 6.10. The molecule has 1 rings (SSSR count). The summed E-state index contributed by atoms with van der Waals surface area (Å²) >= 11 is 0. The Morgan fingerprint density at radius 1 is 1.26 bits per heavy atom. The number of hydrogen-bond donors (Lipinski definition) is 2. The standard InChI is InChI=1S/C12H19F2NO4/c1-10(2,3)19-9(18)15-11(4,8(16)17)7-5-12(13,14)6-7/h7H,5-6H2,1-4H3,(H,15,18)(H,16,17)/t11-/m0/s1. The molecule has 7 heteroatoms. The van der Waals surface area contributed by atoms with Gasteiger partial charge in [-0.15, -0.1) is 0 Å². The van der Waals surface area contributed by atoms with E-state index in [2.05, 4.69) is 5.32 Å². The van der Waals surface area contributed by atoms with E-state index in [1.807, 2.05) is 0 Å². The number of alkyl carbamates (subject to hydrolysis) is 1. The number of nitrogens with one attached hydrogen (secondary N) is 1. The molecule has 1 amide bonds. The van der Waals surface area contributed by atoms with Crippen molar-refractivity contribution >= 4 is 12.1 Å². The molecular weight excluding hydrogens is 260 g/mol. The Morgan fingerprint density at radius 3 is 2.05 bits per heavy atom. The maximum Gasteiger partial charge on any atom is 0.408 e. The topological polar surface area (TPSA) is 75.6 Å². The van der Waals surface area contributed by atoms with Crippen LogP contribution in [-0.2, 0) is 9.53 Å². The third-order valence-corrected chi connectivity index (χ3v) is 3.11. The molecular formula is C12H19F2NO4. The lowest BCUT2D eigenvalue weighted by molar-refractivity contribution is -0.164. The molecule has 19 heavy (non-hydrogen) atoms. The lowest BCUT2D eigenvalue weighted by Crippen LogP contribution is -2.62. The lowest BCUT2D eigenvalue weighted by atomic mass is 9.69. The maximum absolute atomic E-state index is 12.9. The van der Waals surface area contributed by atoms with Gasteiger partial charge in [0.15, 0.2) is 0 Å². The van der Waals surface area contributed by atoms with Gasteiger partial charge in [-0.1, -0.05) is 0 Å². The van der Waals surface area contributed by atoms with E-state index in [4.69, 9.17) is 4.74 Å². The van der Waals surface area contributed by atoms with Crippen LogP contribution in [0.3, 0.4) is 0 Å². The molecule has 2 N–H and O–H groups in total. The third-order valence-electron chi connectivity index (χ3n) is 3.11. The molecule has 0 aliphatic heterocycles. The van der Waals surface area contributed by atoms with Crippen LogP contribution in [-0.4, -0.2) is 34.2 Å². The van der Waals surface area contributed by atoms with Crippen LogP contribution in [0.25, 0.3) is 0 Å². The highest BCUT2D eigenvalue weighted by Gasteiger charge is 2.57. The van der Waals surface area contributed by atoms with Crippen LogP contribution in [0, 0.1) is 5.92 Å². The molecule has 1 aliphatic rings. The van der Waals surface area contributed by atoms with Crippen molar-refractivity contribution in [2.45, 2.75) is 57.6 Å². The van der Waals surface area contributed by atoms with Gasteiger partial charge in [0.05, 0.1) is 0 Å². The van der Waals surface area contributed by atoms with E-state index in [1.165, 1.54) is 6.92 Å². The molecule has 0 unspecified atom stereocenters. The van der Waals surface area contributed by atoms with E-state index < -0.39 is 47.9 Å². The van der Waals surface area contributed by atoms with Crippen molar-refractivity contribution in [2.24, 2.45) is 5.92 Å². The average Bonchev–Trinajstić information content (AvgIpc) is 2.09. The number of alkyl halides is 2. The van der Waals surface area contributed by atoms with Crippen LogP contribution in [0.2, 0.25) is 0 Å². The van der Waals surface area contributed by atoms with Crippen LogP contribution in [0.5, 0.6) is 0 Å². The minimum Gasteiger partial charge on any atom is -0.480 e. The molecule has 1 fully saturated rings. The Labute approximate surface area is 110 Å². The second-order valence-corrected chi connectivity index (χ2v) is 6.10. The largest absolute Gasteiger partial charge is 0.480 e. The zero-order valence-electron chi connectivity index (χ0n) is 11.4. The Kier molecular flexibility index (Phi) is 3.80. The summed E-state index contributed by atoms with van der Waals surface area (Å²) < 4.78 is 30.7. The van der Waals surface area contributed by atoms with Crippen LogP contribution in [0.4, 0.5) is 13.6 Å². The molecule has 0 aromatic rings. The van der Waals surface area contributed by atoms with Crippen LogP contribution in [0.1, 0.15) is 40.5 Å². The molecule has 0 saturated heterocycles. The maximum atomic E-state index is 12.9. The summed E-state index contributed by atoms with van der Waals surface area (Å²) in [6.07, 6.45) is -2.02. The monoisotopic (exact) mass is 279 g/mol. The van der Waals surface area contributed by atoms with E-state index in [-0.39, 0.29) is 0 Å². The summed E-state index contributed by atoms with van der Waals surface area (Å²) in [5.41, 5.74) is -2.53. The first-order valence-corrected chi connectivity index (χ1v) is 5.98. The summed E-state index contributed by atoms with van der Waals surface area (Å²) in [4.78, 5) is 22.9. The van der Waals surface area contributed by atoms with Gasteiger partial charge in [0.2, 0.25) is 5.92 Å². The number of hydrogen-bond acceptors (Lipinski definition) is 3. The Balaban J connectivity index is 2.74. The quantitative estimate of drug-likeness (QED) is 0.831. The summed E-state index contributed by atoms with van der Waals surface area (Å²) in [5, 5.41) is 11.4. The van der Waals surface area contributed by atoms with E-state index >= 15 is 0 Å². The number of aliphatic carboxylic acids is 1. The zero-order valence-corrected chi connectivity index (χ0v) is 11.4. The van der Waals surface area contributed by atoms with Gasteiger partial charge in [0, 0.05) is 18.8 Å². The number of halogens is 2. The van der Waals surface area contributed by atoms with Crippen LogP contribution in [0.15, 0.2) is 0 Å². The van der Waals surface area contributed by atoms with Crippen molar-refractivity contribution in [1.29, 1.82) is 0 Å². The number of ether oxygens (including phenoxy) is 1. The van der Waals surface area contributed by atoms with Gasteiger partial charge in [-0.05, 0) is 27.7 Å². The van der Waals surface area contributed by atoms with Gasteiger partial charge in [0.25, 0.3) is 0 Å². The van der Waals surface area contributed by atoms with Crippen LogP contribution >= 0.6 is 0 Å². The van der Waals surface area contributed by atoms with Gasteiger partial charge in [-0.2, -0.15) is 0 Å². The number of amides is 1. The predicted molar refractivity (Wildman–Crippen MR) is 63.1 cm³/mol. The summed E-state index contributed by atoms with van der Waals surface area (Å²) in [7, 11) is 0. The minimum atomic E-state index is -2.85. The molecule has 110 valence electrons. The van der Waals surface area contributed by atoms with Gasteiger partial charge in [0.1, 0.15) is 11.1 Å². The van der Waals surface area contributed by atoms with Gasteiger partial charge in [-0.25, -0.2) is 18.4 Å². The molecule has 0 aromatic carbocycles. The normalized spacial score (nSPS) is 22.0. The first-order chi connectivity index (χ1) is 8.36. The average molecular weight is 279 g/mol. The van der Waals surface area contributed by atoms with Gasteiger partial charge >= 0.3 is 12.1 Å². The molecule has 0 spiro atoms. The van der Waals surface area contributed by atoms with Crippen molar-refractivity contribution in [3.8, 4) is 0 Å². The van der Waals surface area contributed by atoms with Crippen molar-refractivity contribution in [3.05, 3.63) is 0 Å². The Hall–Kier alpha value is -1.40. The fourth-order valence-corrected chi connectivity index (χ4v) is 1.92. The molecule has 5 nitrogen and oxygen atoms in total. The number of carboxylic acid groups (broad SMARTS) is 1. The second kappa shape index (κ2) is 4.61. The summed E-state index contributed by atoms with van der Waals surface area (Å²) in [6, 6.07) is 0. The molecule has 0 heterocycles. The fraction of sp³-hybridized carbons (Fsp3) is 0.833. The first-order valence-electron chi connectivity index (χ1n) is 5.98. The smallest absolute Gasteiger partial charge is 0.408 e. The summed E-state index contributed by atoms with van der Waals surface area (Å²) in [6.45, 7) is 6.10. The molecule has 1 atom stereocenters. The molecule has 1 saturated carbocycles. The van der Waals surface area contributed by atoms with Crippen LogP contribution < -0.4 is 5.32 Å². The third kappa shape index (κ3) is 3.78. The molecule has 1 aliphatic carbocycles. The highest BCUT2D eigenvalue weighted by Crippen LogP contribution is 2.47. The van der Waals surface area contributed by atoms with Crippen molar-refractivity contribution < 1.29 is 28.2 Å². The minimum absolute atomic E-state index is 0.550. The predicted octanol–water partition coefficient (Wildman–Crippen LogP) is 2.40. The van der Waals surface area contributed by atoms with Crippen molar-refractivity contribution in [2.75, 3.05) is 0 Å². The Bertz CT molecular complexity index is 384. The highest BCUT2D eigenvalue weighted by atomic mass is 19.3. The SMILES string of the molecule is CC(C)(C)OC(=O)N[C@](C)(C(=O)O)C1CC(F)(F)C1. The van der Waals surface area contributed by atoms with E-state index in [1.54, 1.807) is 20.8 Å². The zero-order chi connectivity index (χ0) is 15.1. The van der Waals surface area contributed by atoms with E-state index in [0.717, 1.165) is 0 Å². The summed E-state index contributed by atoms with van der Waals surface area (Å²) in [5.74, 6) is -5.01. The van der Waals surface area contributed by atoms with Crippen molar-refractivity contribution in [3.63, 3.8) is 0 Å². The van der Waals surface area contributed by atoms with Crippen molar-refractivity contribution in [1.82, 2.24) is 5.32 Å². The first kappa shape index (κ1) is 15.7. The number of carbonyl (C=O) groups is 2. The molecule has 0 bridgehead atoms. The van der Waals surface area contributed by atoms with Gasteiger partial charge < -0.3 is 15.2 Å². The molecule has 0 aromatic heterocycles. The fourth-order valence-electron chi connectivity index (χ4n) is 1.92.